The average molecular weight is 378 g/mol. The van der Waals surface area contributed by atoms with E-state index in [1.165, 1.54) is 5.48 Å². The topological polar surface area (TPSA) is 106 Å². The molecule has 1 aliphatic rings. The van der Waals surface area contributed by atoms with Crippen molar-refractivity contribution < 1.29 is 19.9 Å². The normalized spacial score (nSPS) is 19.7. The molecular formula is C19H30N4O4. The second-order valence-corrected chi connectivity index (χ2v) is 7.67. The van der Waals surface area contributed by atoms with E-state index in [1.54, 1.807) is 11.1 Å². The molecule has 0 spiro atoms. The highest BCUT2D eigenvalue weighted by molar-refractivity contribution is 5.89. The fourth-order valence-electron chi connectivity index (χ4n) is 3.52. The van der Waals surface area contributed by atoms with Crippen molar-refractivity contribution in [1.29, 1.82) is 0 Å². The molecule has 0 radical (unpaired) electrons. The minimum Gasteiger partial charge on any atom is -0.382 e. The van der Waals surface area contributed by atoms with E-state index < -0.39 is 17.9 Å². The predicted octanol–water partition coefficient (Wildman–Crippen LogP) is 0.956. The van der Waals surface area contributed by atoms with Gasteiger partial charge in [-0.1, -0.05) is 13.8 Å². The standard InChI is InChI=1S/C19H30N4O4/c1-12(2)9-15(17(24)18(25)21-27)19(26)23-8-7-22(11-14(23)4)16-10-13(3)5-6-20-16/h5-6,10,12,14-15,17,24,27H,7-9,11H2,1-4H3,(H,21,25)/t14-,15?,17?/m0/s1. The number of carbonyl (C=O) groups excluding carboxylic acids is 2. The Morgan fingerprint density at radius 1 is 1.37 bits per heavy atom. The second kappa shape index (κ2) is 9.14. The van der Waals surface area contributed by atoms with Crippen molar-refractivity contribution in [1.82, 2.24) is 15.4 Å². The van der Waals surface area contributed by atoms with E-state index in [0.717, 1.165) is 11.4 Å². The lowest BCUT2D eigenvalue weighted by Crippen LogP contribution is -2.57. The Bertz CT molecular complexity index is 667. The number of nitrogens with zero attached hydrogens (tertiary/aromatic N) is 3. The highest BCUT2D eigenvalue weighted by Crippen LogP contribution is 2.24. The maximum absolute atomic E-state index is 13.1. The van der Waals surface area contributed by atoms with Crippen LogP contribution in [0.25, 0.3) is 0 Å². The van der Waals surface area contributed by atoms with Crippen LogP contribution in [-0.2, 0) is 9.59 Å². The lowest BCUT2D eigenvalue weighted by Gasteiger charge is -2.42. The number of rotatable bonds is 6. The van der Waals surface area contributed by atoms with Gasteiger partial charge in [0.2, 0.25) is 5.91 Å². The number of aryl methyl sites for hydroxylation is 1. The molecule has 150 valence electrons. The highest BCUT2D eigenvalue weighted by Gasteiger charge is 2.38. The number of piperazine rings is 1. The summed E-state index contributed by atoms with van der Waals surface area (Å²) in [5.74, 6) is -1.10. The van der Waals surface area contributed by atoms with Crippen LogP contribution in [0.5, 0.6) is 0 Å². The number of hydrogen-bond donors (Lipinski definition) is 3. The number of amides is 2. The van der Waals surface area contributed by atoms with E-state index in [-0.39, 0.29) is 17.9 Å². The van der Waals surface area contributed by atoms with E-state index >= 15 is 0 Å². The molecule has 1 aliphatic heterocycles. The number of nitrogens with one attached hydrogen (secondary N) is 1. The Hall–Kier alpha value is -2.19. The quantitative estimate of drug-likeness (QED) is 0.503. The molecule has 0 bridgehead atoms. The van der Waals surface area contributed by atoms with Gasteiger partial charge in [-0.25, -0.2) is 10.5 Å². The Kier molecular flexibility index (Phi) is 7.15. The van der Waals surface area contributed by atoms with Crippen molar-refractivity contribution in [3.05, 3.63) is 23.9 Å². The third kappa shape index (κ3) is 5.17. The van der Waals surface area contributed by atoms with Gasteiger partial charge in [0.05, 0.1) is 5.92 Å². The van der Waals surface area contributed by atoms with Crippen molar-refractivity contribution in [2.24, 2.45) is 11.8 Å². The zero-order chi connectivity index (χ0) is 20.1. The fraction of sp³-hybridized carbons (Fsp3) is 0.632. The van der Waals surface area contributed by atoms with Gasteiger partial charge in [-0.2, -0.15) is 0 Å². The zero-order valence-corrected chi connectivity index (χ0v) is 16.4. The van der Waals surface area contributed by atoms with Crippen molar-refractivity contribution in [2.75, 3.05) is 24.5 Å². The maximum atomic E-state index is 13.1. The predicted molar refractivity (Wildman–Crippen MR) is 101 cm³/mol. The molecular weight excluding hydrogens is 348 g/mol. The van der Waals surface area contributed by atoms with Gasteiger partial charge in [-0.15, -0.1) is 0 Å². The van der Waals surface area contributed by atoms with Crippen molar-refractivity contribution in [2.45, 2.75) is 46.3 Å². The number of pyridine rings is 1. The van der Waals surface area contributed by atoms with Gasteiger partial charge in [0.1, 0.15) is 11.9 Å². The number of anilines is 1. The molecule has 8 nitrogen and oxygen atoms in total. The maximum Gasteiger partial charge on any atom is 0.272 e. The molecule has 8 heteroatoms. The van der Waals surface area contributed by atoms with E-state index in [2.05, 4.69) is 9.88 Å². The molecule has 0 aromatic carbocycles. The fourth-order valence-corrected chi connectivity index (χ4v) is 3.52. The summed E-state index contributed by atoms with van der Waals surface area (Å²) in [6.45, 7) is 9.55. The number of aliphatic hydroxyl groups excluding tert-OH is 1. The van der Waals surface area contributed by atoms with Crippen LogP contribution in [0, 0.1) is 18.8 Å². The van der Waals surface area contributed by atoms with Crippen molar-refractivity contribution in [3.63, 3.8) is 0 Å². The summed E-state index contributed by atoms with van der Waals surface area (Å²) in [5, 5.41) is 19.1. The van der Waals surface area contributed by atoms with Crippen molar-refractivity contribution in [3.8, 4) is 0 Å². The van der Waals surface area contributed by atoms with Crippen LogP contribution in [-0.4, -0.2) is 63.8 Å². The van der Waals surface area contributed by atoms with Gasteiger partial charge < -0.3 is 14.9 Å². The summed E-state index contributed by atoms with van der Waals surface area (Å²) in [4.78, 5) is 33.0. The monoisotopic (exact) mass is 378 g/mol. The van der Waals surface area contributed by atoms with Crippen LogP contribution in [0.2, 0.25) is 0 Å². The summed E-state index contributed by atoms with van der Waals surface area (Å²) >= 11 is 0. The minimum absolute atomic E-state index is 0.0902. The molecule has 0 aliphatic carbocycles. The third-order valence-corrected chi connectivity index (χ3v) is 4.94. The largest absolute Gasteiger partial charge is 0.382 e. The molecule has 3 atom stereocenters. The first kappa shape index (κ1) is 21.1. The summed E-state index contributed by atoms with van der Waals surface area (Å²) in [5.41, 5.74) is 2.57. The SMILES string of the molecule is Cc1ccnc(N2CCN(C(=O)C(CC(C)C)C(O)C(=O)NO)[C@@H](C)C2)c1. The first-order valence-corrected chi connectivity index (χ1v) is 9.34. The summed E-state index contributed by atoms with van der Waals surface area (Å²) in [7, 11) is 0. The highest BCUT2D eigenvalue weighted by atomic mass is 16.5. The Morgan fingerprint density at radius 2 is 2.07 bits per heavy atom. The van der Waals surface area contributed by atoms with Crippen LogP contribution >= 0.6 is 0 Å². The Morgan fingerprint density at radius 3 is 2.63 bits per heavy atom. The molecule has 3 N–H and O–H groups in total. The lowest BCUT2D eigenvalue weighted by atomic mass is 9.89. The van der Waals surface area contributed by atoms with Gasteiger partial charge in [-0.3, -0.25) is 14.8 Å². The molecule has 1 fully saturated rings. The van der Waals surface area contributed by atoms with Crippen LogP contribution in [0.1, 0.15) is 32.8 Å². The van der Waals surface area contributed by atoms with Crippen LogP contribution < -0.4 is 10.4 Å². The van der Waals surface area contributed by atoms with Gasteiger partial charge in [0, 0.05) is 31.9 Å². The van der Waals surface area contributed by atoms with Gasteiger partial charge in [-0.05, 0) is 43.9 Å². The van der Waals surface area contributed by atoms with E-state index in [4.69, 9.17) is 5.21 Å². The van der Waals surface area contributed by atoms with E-state index in [1.807, 2.05) is 39.8 Å². The minimum atomic E-state index is -1.58. The smallest absolute Gasteiger partial charge is 0.272 e. The molecule has 1 aromatic rings. The number of hydroxylamine groups is 1. The molecule has 2 amide bonds. The van der Waals surface area contributed by atoms with E-state index in [9.17, 15) is 14.7 Å². The average Bonchev–Trinajstić information content (AvgIpc) is 2.64. The number of aliphatic hydroxyl groups is 1. The number of hydrogen-bond acceptors (Lipinski definition) is 6. The molecule has 1 saturated heterocycles. The first-order valence-electron chi connectivity index (χ1n) is 9.34. The van der Waals surface area contributed by atoms with Crippen LogP contribution in [0.4, 0.5) is 5.82 Å². The van der Waals surface area contributed by atoms with Gasteiger partial charge in [0.25, 0.3) is 5.91 Å². The second-order valence-electron chi connectivity index (χ2n) is 7.67. The van der Waals surface area contributed by atoms with Crippen LogP contribution in [0.3, 0.4) is 0 Å². The molecule has 2 rings (SSSR count). The molecule has 1 aromatic heterocycles. The summed E-state index contributed by atoms with van der Waals surface area (Å²) < 4.78 is 0. The summed E-state index contributed by atoms with van der Waals surface area (Å²) in [6.07, 6.45) is 0.559. The number of aromatic nitrogens is 1. The lowest BCUT2D eigenvalue weighted by molar-refractivity contribution is -0.152. The van der Waals surface area contributed by atoms with Gasteiger partial charge in [0.15, 0.2) is 0 Å². The van der Waals surface area contributed by atoms with Gasteiger partial charge >= 0.3 is 0 Å². The molecule has 2 heterocycles. The number of carbonyl (C=O) groups is 2. The molecule has 2 unspecified atom stereocenters. The molecule has 0 saturated carbocycles. The Labute approximate surface area is 160 Å². The van der Waals surface area contributed by atoms with Crippen molar-refractivity contribution >= 4 is 17.6 Å². The van der Waals surface area contributed by atoms with E-state index in [0.29, 0.717) is 26.1 Å². The van der Waals surface area contributed by atoms with Crippen LogP contribution in [0.15, 0.2) is 18.3 Å². The Balaban J connectivity index is 2.11. The molecule has 27 heavy (non-hydrogen) atoms. The zero-order valence-electron chi connectivity index (χ0n) is 16.4. The first-order chi connectivity index (χ1) is 12.7. The summed E-state index contributed by atoms with van der Waals surface area (Å²) in [6, 6.07) is 3.87. The third-order valence-electron chi connectivity index (χ3n) is 4.94.